The molecule has 1 aliphatic heterocycles. The molecule has 0 aromatic rings. The van der Waals surface area contributed by atoms with Gasteiger partial charge in [-0.05, 0) is 11.8 Å². The zero-order valence-corrected chi connectivity index (χ0v) is 9.24. The molecule has 1 fully saturated rings. The number of carboxylic acid groups (broad SMARTS) is 1. The van der Waals surface area contributed by atoms with Gasteiger partial charge in [0.2, 0.25) is 5.91 Å². The first kappa shape index (κ1) is 12.0. The van der Waals surface area contributed by atoms with Crippen LogP contribution in [-0.4, -0.2) is 35.7 Å². The van der Waals surface area contributed by atoms with Gasteiger partial charge in [-0.2, -0.15) is 0 Å². The first-order valence-corrected chi connectivity index (χ1v) is 4.93. The summed E-state index contributed by atoms with van der Waals surface area (Å²) >= 11 is 0. The van der Waals surface area contributed by atoms with Crippen LogP contribution in [0.4, 0.5) is 0 Å². The minimum atomic E-state index is -1.04. The van der Waals surface area contributed by atoms with Crippen LogP contribution in [0.5, 0.6) is 0 Å². The quantitative estimate of drug-likeness (QED) is 0.698. The van der Waals surface area contributed by atoms with E-state index in [1.54, 1.807) is 0 Å². The number of carboxylic acids is 1. The van der Waals surface area contributed by atoms with Crippen molar-refractivity contribution >= 4 is 11.9 Å². The van der Waals surface area contributed by atoms with Crippen molar-refractivity contribution in [3.05, 3.63) is 0 Å². The Morgan fingerprint density at radius 2 is 2.20 bits per heavy atom. The van der Waals surface area contributed by atoms with Gasteiger partial charge >= 0.3 is 5.97 Å². The molecule has 0 aromatic heterocycles. The molecule has 0 spiro atoms. The molecule has 2 atom stereocenters. The van der Waals surface area contributed by atoms with Gasteiger partial charge < -0.3 is 15.2 Å². The molecule has 2 unspecified atom stereocenters. The third kappa shape index (κ3) is 3.51. The summed E-state index contributed by atoms with van der Waals surface area (Å²) < 4.78 is 5.25. The summed E-state index contributed by atoms with van der Waals surface area (Å²) in [5.74, 6) is -1.41. The number of rotatable bonds is 2. The van der Waals surface area contributed by atoms with E-state index >= 15 is 0 Å². The first-order valence-electron chi connectivity index (χ1n) is 4.93. The summed E-state index contributed by atoms with van der Waals surface area (Å²) in [6, 6.07) is -0.925. The van der Waals surface area contributed by atoms with Gasteiger partial charge in [0.15, 0.2) is 6.04 Å². The first-order chi connectivity index (χ1) is 6.79. The molecule has 1 aliphatic rings. The molecule has 15 heavy (non-hydrogen) atoms. The van der Waals surface area contributed by atoms with Crippen molar-refractivity contribution in [1.82, 2.24) is 5.32 Å². The average molecular weight is 215 g/mol. The van der Waals surface area contributed by atoms with Crippen molar-refractivity contribution < 1.29 is 19.4 Å². The highest BCUT2D eigenvalue weighted by Gasteiger charge is 2.36. The summed E-state index contributed by atoms with van der Waals surface area (Å²) in [5, 5.41) is 11.4. The van der Waals surface area contributed by atoms with Gasteiger partial charge in [-0.3, -0.25) is 4.79 Å². The number of morpholine rings is 1. The molecule has 0 radical (unpaired) electrons. The molecule has 0 aliphatic carbocycles. The van der Waals surface area contributed by atoms with Crippen LogP contribution in [0.15, 0.2) is 0 Å². The molecule has 5 nitrogen and oxygen atoms in total. The zero-order valence-electron chi connectivity index (χ0n) is 9.24. The summed E-state index contributed by atoms with van der Waals surface area (Å²) in [6.07, 6.45) is 0.157. The molecule has 1 saturated heterocycles. The van der Waals surface area contributed by atoms with Crippen molar-refractivity contribution in [3.63, 3.8) is 0 Å². The third-order valence-corrected chi connectivity index (χ3v) is 2.20. The van der Waals surface area contributed by atoms with Crippen LogP contribution in [0, 0.1) is 5.41 Å². The number of hydrogen-bond acceptors (Lipinski definition) is 3. The van der Waals surface area contributed by atoms with Crippen molar-refractivity contribution in [3.8, 4) is 0 Å². The largest absolute Gasteiger partial charge is 0.480 e. The van der Waals surface area contributed by atoms with Gasteiger partial charge in [0, 0.05) is 0 Å². The Morgan fingerprint density at radius 1 is 1.60 bits per heavy atom. The summed E-state index contributed by atoms with van der Waals surface area (Å²) in [7, 11) is 0. The Morgan fingerprint density at radius 3 is 2.67 bits per heavy atom. The van der Waals surface area contributed by atoms with Gasteiger partial charge in [0.1, 0.15) is 6.61 Å². The maximum atomic E-state index is 11.0. The SMILES string of the molecule is CC(C)(C)CC1OCC(=O)NC1C(=O)O. The second-order valence-corrected chi connectivity index (χ2v) is 5.00. The molecule has 0 bridgehead atoms. The summed E-state index contributed by atoms with van der Waals surface area (Å²) in [5.41, 5.74) is -0.0273. The second-order valence-electron chi connectivity index (χ2n) is 5.00. The summed E-state index contributed by atoms with van der Waals surface area (Å²) in [6.45, 7) is 5.97. The molecule has 5 heteroatoms. The molecule has 1 heterocycles. The second kappa shape index (κ2) is 4.18. The van der Waals surface area contributed by atoms with E-state index in [-0.39, 0.29) is 17.9 Å². The van der Waals surface area contributed by atoms with Gasteiger partial charge in [-0.15, -0.1) is 0 Å². The highest BCUT2D eigenvalue weighted by molar-refractivity contribution is 5.85. The van der Waals surface area contributed by atoms with E-state index in [0.717, 1.165) is 0 Å². The van der Waals surface area contributed by atoms with Gasteiger partial charge in [-0.1, -0.05) is 20.8 Å². The van der Waals surface area contributed by atoms with E-state index < -0.39 is 18.1 Å². The molecular weight excluding hydrogens is 198 g/mol. The Hall–Kier alpha value is -1.10. The number of nitrogens with one attached hydrogen (secondary N) is 1. The highest BCUT2D eigenvalue weighted by atomic mass is 16.5. The number of aliphatic carboxylic acids is 1. The lowest BCUT2D eigenvalue weighted by atomic mass is 9.86. The molecule has 0 aromatic carbocycles. The lowest BCUT2D eigenvalue weighted by molar-refractivity contribution is -0.155. The fourth-order valence-corrected chi connectivity index (χ4v) is 1.59. The topological polar surface area (TPSA) is 75.6 Å². The lowest BCUT2D eigenvalue weighted by Crippen LogP contribution is -2.56. The van der Waals surface area contributed by atoms with E-state index in [1.165, 1.54) is 0 Å². The third-order valence-electron chi connectivity index (χ3n) is 2.20. The fraction of sp³-hybridized carbons (Fsp3) is 0.800. The Labute approximate surface area is 88.8 Å². The number of carbonyl (C=O) groups excluding carboxylic acids is 1. The van der Waals surface area contributed by atoms with Gasteiger partial charge in [-0.25, -0.2) is 4.79 Å². The lowest BCUT2D eigenvalue weighted by Gasteiger charge is -2.33. The van der Waals surface area contributed by atoms with Crippen LogP contribution >= 0.6 is 0 Å². The zero-order chi connectivity index (χ0) is 11.6. The van der Waals surface area contributed by atoms with E-state index in [0.29, 0.717) is 6.42 Å². The molecule has 0 saturated carbocycles. The highest BCUT2D eigenvalue weighted by Crippen LogP contribution is 2.25. The van der Waals surface area contributed by atoms with Crippen LogP contribution in [0.3, 0.4) is 0 Å². The molecule has 2 N–H and O–H groups in total. The predicted molar refractivity (Wildman–Crippen MR) is 53.4 cm³/mol. The fourth-order valence-electron chi connectivity index (χ4n) is 1.59. The number of carbonyl (C=O) groups is 2. The van der Waals surface area contributed by atoms with Gasteiger partial charge in [0.25, 0.3) is 0 Å². The molecule has 1 rings (SSSR count). The normalized spacial score (nSPS) is 27.3. The number of amides is 1. The van der Waals surface area contributed by atoms with Crippen LogP contribution < -0.4 is 5.32 Å². The molecular formula is C10H17NO4. The van der Waals surface area contributed by atoms with Crippen molar-refractivity contribution in [1.29, 1.82) is 0 Å². The number of hydrogen-bond donors (Lipinski definition) is 2. The van der Waals surface area contributed by atoms with Crippen LogP contribution in [-0.2, 0) is 14.3 Å². The smallest absolute Gasteiger partial charge is 0.328 e. The minimum Gasteiger partial charge on any atom is -0.480 e. The Kier molecular flexibility index (Phi) is 3.34. The van der Waals surface area contributed by atoms with E-state index in [2.05, 4.69) is 5.32 Å². The standard InChI is InChI=1S/C10H17NO4/c1-10(2,3)4-6-8(9(13)14)11-7(12)5-15-6/h6,8H,4-5H2,1-3H3,(H,11,12)(H,13,14). The van der Waals surface area contributed by atoms with Crippen molar-refractivity contribution in [2.75, 3.05) is 6.61 Å². The van der Waals surface area contributed by atoms with E-state index in [1.807, 2.05) is 20.8 Å². The summed E-state index contributed by atoms with van der Waals surface area (Å²) in [4.78, 5) is 21.9. The average Bonchev–Trinajstić information content (AvgIpc) is 2.05. The van der Waals surface area contributed by atoms with Crippen molar-refractivity contribution in [2.45, 2.75) is 39.3 Å². The van der Waals surface area contributed by atoms with E-state index in [9.17, 15) is 9.59 Å². The minimum absolute atomic E-state index is 0.0273. The maximum Gasteiger partial charge on any atom is 0.328 e. The Bertz CT molecular complexity index is 269. The van der Waals surface area contributed by atoms with Crippen LogP contribution in [0.1, 0.15) is 27.2 Å². The predicted octanol–water partition coefficient (Wildman–Crippen LogP) is 0.391. The molecule has 86 valence electrons. The van der Waals surface area contributed by atoms with E-state index in [4.69, 9.17) is 9.84 Å². The maximum absolute atomic E-state index is 11.0. The van der Waals surface area contributed by atoms with Crippen molar-refractivity contribution in [2.24, 2.45) is 5.41 Å². The monoisotopic (exact) mass is 215 g/mol. The van der Waals surface area contributed by atoms with Gasteiger partial charge in [0.05, 0.1) is 6.10 Å². The van der Waals surface area contributed by atoms with Crippen LogP contribution in [0.25, 0.3) is 0 Å². The number of ether oxygens (including phenoxy) is 1. The Balaban J connectivity index is 2.69. The van der Waals surface area contributed by atoms with Crippen LogP contribution in [0.2, 0.25) is 0 Å². The molecule has 1 amide bonds.